The van der Waals surface area contributed by atoms with Gasteiger partial charge in [0, 0.05) is 10.0 Å². The van der Waals surface area contributed by atoms with Gasteiger partial charge >= 0.3 is 0 Å². The van der Waals surface area contributed by atoms with E-state index in [1.165, 1.54) is 18.2 Å². The molecule has 0 fully saturated rings. The van der Waals surface area contributed by atoms with Crippen molar-refractivity contribution in [1.29, 1.82) is 0 Å². The Hall–Kier alpha value is -1.30. The van der Waals surface area contributed by atoms with Crippen LogP contribution in [-0.2, 0) is 0 Å². The molecule has 2 rings (SSSR count). The zero-order chi connectivity index (χ0) is 14.0. The fraction of sp³-hybridized carbons (Fsp3) is 0.143. The lowest BCUT2D eigenvalue weighted by molar-refractivity contribution is 0.510. The fourth-order valence-corrected chi connectivity index (χ4v) is 2.48. The van der Waals surface area contributed by atoms with Gasteiger partial charge in [0.25, 0.3) is 0 Å². The molecule has 2 aromatic rings. The predicted molar refractivity (Wildman–Crippen MR) is 74.4 cm³/mol. The van der Waals surface area contributed by atoms with Gasteiger partial charge in [-0.1, -0.05) is 39.7 Å². The molecule has 0 aromatic heterocycles. The number of hydrazine groups is 1. The summed E-state index contributed by atoms with van der Waals surface area (Å²) in [6.45, 7) is 1.90. The molecule has 2 nitrogen and oxygen atoms in total. The van der Waals surface area contributed by atoms with Crippen LogP contribution in [0.1, 0.15) is 22.7 Å². The summed E-state index contributed by atoms with van der Waals surface area (Å²) in [5, 5.41) is 0. The van der Waals surface area contributed by atoms with Crippen LogP contribution in [0.25, 0.3) is 0 Å². The summed E-state index contributed by atoms with van der Waals surface area (Å²) < 4.78 is 28.4. The smallest absolute Gasteiger partial charge is 0.131 e. The summed E-state index contributed by atoms with van der Waals surface area (Å²) in [7, 11) is 0. The number of hydrogen-bond acceptors (Lipinski definition) is 2. The fourth-order valence-electron chi connectivity index (χ4n) is 2.00. The quantitative estimate of drug-likeness (QED) is 0.668. The molecule has 0 amide bonds. The lowest BCUT2D eigenvalue weighted by Crippen LogP contribution is -2.30. The maximum Gasteiger partial charge on any atom is 0.131 e. The van der Waals surface area contributed by atoms with Gasteiger partial charge < -0.3 is 0 Å². The Kier molecular flexibility index (Phi) is 4.29. The molecule has 0 aliphatic carbocycles. The van der Waals surface area contributed by atoms with Crippen LogP contribution in [0.3, 0.4) is 0 Å². The van der Waals surface area contributed by atoms with Crippen LogP contribution < -0.4 is 11.3 Å². The molecule has 2 aromatic carbocycles. The van der Waals surface area contributed by atoms with Gasteiger partial charge in [-0.2, -0.15) is 0 Å². The first-order chi connectivity index (χ1) is 9.04. The van der Waals surface area contributed by atoms with Gasteiger partial charge in [-0.3, -0.25) is 5.84 Å². The number of nitrogens with two attached hydrogens (primary N) is 1. The molecule has 3 N–H and O–H groups in total. The van der Waals surface area contributed by atoms with Crippen molar-refractivity contribution in [2.24, 2.45) is 5.84 Å². The van der Waals surface area contributed by atoms with E-state index >= 15 is 0 Å². The van der Waals surface area contributed by atoms with E-state index in [1.54, 1.807) is 0 Å². The van der Waals surface area contributed by atoms with Crippen LogP contribution in [0.15, 0.2) is 40.9 Å². The Bertz CT molecular complexity index is 582. The van der Waals surface area contributed by atoms with Crippen LogP contribution in [0.5, 0.6) is 0 Å². The van der Waals surface area contributed by atoms with Crippen molar-refractivity contribution in [2.75, 3.05) is 0 Å². The molecule has 0 radical (unpaired) electrons. The van der Waals surface area contributed by atoms with E-state index in [0.717, 1.165) is 10.0 Å². The van der Waals surface area contributed by atoms with E-state index in [9.17, 15) is 8.78 Å². The second-order valence-electron chi connectivity index (χ2n) is 4.26. The first kappa shape index (κ1) is 14.1. The second-order valence-corrected chi connectivity index (χ2v) is 5.11. The van der Waals surface area contributed by atoms with Crippen LogP contribution in [0.2, 0.25) is 0 Å². The van der Waals surface area contributed by atoms with E-state index in [2.05, 4.69) is 21.4 Å². The largest absolute Gasteiger partial charge is 0.271 e. The van der Waals surface area contributed by atoms with Crippen molar-refractivity contribution in [2.45, 2.75) is 13.0 Å². The molecule has 0 heterocycles. The Morgan fingerprint density at radius 1 is 1.16 bits per heavy atom. The number of aryl methyl sites for hydroxylation is 1. The minimum absolute atomic E-state index is 0.0868. The number of halogens is 3. The van der Waals surface area contributed by atoms with Crippen molar-refractivity contribution < 1.29 is 8.78 Å². The third-order valence-corrected chi connectivity index (χ3v) is 3.64. The summed E-state index contributed by atoms with van der Waals surface area (Å²) in [5.74, 6) is 4.23. The first-order valence-corrected chi connectivity index (χ1v) is 6.50. The normalized spacial score (nSPS) is 12.5. The lowest BCUT2D eigenvalue weighted by atomic mass is 9.97. The zero-order valence-corrected chi connectivity index (χ0v) is 11.8. The number of rotatable bonds is 3. The summed E-state index contributed by atoms with van der Waals surface area (Å²) >= 11 is 3.38. The van der Waals surface area contributed by atoms with E-state index in [0.29, 0.717) is 5.56 Å². The molecule has 1 unspecified atom stereocenters. The molecule has 1 atom stereocenters. The highest BCUT2D eigenvalue weighted by Crippen LogP contribution is 2.31. The van der Waals surface area contributed by atoms with Crippen LogP contribution in [0, 0.1) is 18.6 Å². The highest BCUT2D eigenvalue weighted by molar-refractivity contribution is 9.10. The molecule has 0 bridgehead atoms. The average molecular weight is 327 g/mol. The molecule has 0 saturated heterocycles. The topological polar surface area (TPSA) is 38.0 Å². The maximum atomic E-state index is 13.9. The minimum atomic E-state index is -0.754. The summed E-state index contributed by atoms with van der Waals surface area (Å²) in [5.41, 5.74) is 4.06. The third kappa shape index (κ3) is 2.83. The summed E-state index contributed by atoms with van der Waals surface area (Å²) in [4.78, 5) is 0. The van der Waals surface area contributed by atoms with E-state index in [-0.39, 0.29) is 5.56 Å². The second kappa shape index (κ2) is 5.77. The summed E-state index contributed by atoms with van der Waals surface area (Å²) in [6, 6.07) is 8.56. The minimum Gasteiger partial charge on any atom is -0.271 e. The molecule has 5 heteroatoms. The van der Waals surface area contributed by atoms with Crippen molar-refractivity contribution >= 4 is 15.9 Å². The maximum absolute atomic E-state index is 13.9. The number of nitrogens with one attached hydrogen (secondary N) is 1. The molecule has 0 spiro atoms. The monoisotopic (exact) mass is 326 g/mol. The van der Waals surface area contributed by atoms with Gasteiger partial charge in [-0.25, -0.2) is 14.2 Å². The van der Waals surface area contributed by atoms with Gasteiger partial charge in [-0.15, -0.1) is 0 Å². The SMILES string of the molecule is Cc1ccc(Br)c(C(NN)c2c(F)cccc2F)c1. The Labute approximate surface area is 118 Å². The Morgan fingerprint density at radius 2 is 1.79 bits per heavy atom. The number of hydrogen-bond donors (Lipinski definition) is 2. The molecule has 0 aliphatic heterocycles. The Balaban J connectivity index is 2.59. The van der Waals surface area contributed by atoms with Crippen molar-refractivity contribution in [1.82, 2.24) is 5.43 Å². The van der Waals surface area contributed by atoms with Gasteiger partial charge in [0.2, 0.25) is 0 Å². The summed E-state index contributed by atoms with van der Waals surface area (Å²) in [6.07, 6.45) is 0. The molecule has 0 aliphatic rings. The highest BCUT2D eigenvalue weighted by Gasteiger charge is 2.22. The van der Waals surface area contributed by atoms with Gasteiger partial charge in [0.05, 0.1) is 6.04 Å². The van der Waals surface area contributed by atoms with Crippen LogP contribution in [-0.4, -0.2) is 0 Å². The van der Waals surface area contributed by atoms with E-state index < -0.39 is 17.7 Å². The van der Waals surface area contributed by atoms with Crippen LogP contribution in [0.4, 0.5) is 8.78 Å². The van der Waals surface area contributed by atoms with Crippen molar-refractivity contribution in [3.8, 4) is 0 Å². The molecule has 19 heavy (non-hydrogen) atoms. The first-order valence-electron chi connectivity index (χ1n) is 5.70. The zero-order valence-electron chi connectivity index (χ0n) is 10.3. The molecular weight excluding hydrogens is 314 g/mol. The van der Waals surface area contributed by atoms with Gasteiger partial charge in [-0.05, 0) is 30.7 Å². The average Bonchev–Trinajstić information content (AvgIpc) is 2.37. The van der Waals surface area contributed by atoms with Crippen LogP contribution >= 0.6 is 15.9 Å². The predicted octanol–water partition coefficient (Wildman–Crippen LogP) is 3.59. The van der Waals surface area contributed by atoms with Crippen molar-refractivity contribution in [3.05, 3.63) is 69.2 Å². The Morgan fingerprint density at radius 3 is 2.37 bits per heavy atom. The van der Waals surface area contributed by atoms with Crippen molar-refractivity contribution in [3.63, 3.8) is 0 Å². The molecular formula is C14H13BrF2N2. The molecule has 0 saturated carbocycles. The van der Waals surface area contributed by atoms with Gasteiger partial charge in [0.15, 0.2) is 0 Å². The standard InChI is InChI=1S/C14H13BrF2N2/c1-8-5-6-10(15)9(7-8)14(19-18)13-11(16)3-2-4-12(13)17/h2-7,14,19H,18H2,1H3. The highest BCUT2D eigenvalue weighted by atomic mass is 79.9. The van der Waals surface area contributed by atoms with E-state index in [4.69, 9.17) is 5.84 Å². The van der Waals surface area contributed by atoms with Gasteiger partial charge in [0.1, 0.15) is 11.6 Å². The third-order valence-electron chi connectivity index (χ3n) is 2.92. The molecule has 100 valence electrons. The number of benzene rings is 2. The lowest BCUT2D eigenvalue weighted by Gasteiger charge is -2.20. The van der Waals surface area contributed by atoms with E-state index in [1.807, 2.05) is 25.1 Å².